The van der Waals surface area contributed by atoms with Gasteiger partial charge in [-0.1, -0.05) is 78.9 Å². The van der Waals surface area contributed by atoms with Gasteiger partial charge in [0, 0.05) is 11.8 Å². The lowest BCUT2D eigenvalue weighted by Gasteiger charge is -2.32. The molecule has 0 aromatic heterocycles. The normalized spacial score (nSPS) is 24.5. The fourth-order valence-electron chi connectivity index (χ4n) is 4.94. The molecule has 4 atom stereocenters. The number of benzene rings is 3. The van der Waals surface area contributed by atoms with Crippen LogP contribution in [0.4, 0.5) is 11.4 Å². The molecule has 160 valence electrons. The SMILES string of the molecule is O=C1[C@@H]2[C@H](C(=O)N1c1cccc(N([O-])O)c1)[C@@H](c1ccccc1)C=C[C@H]2c1ccccc1. The van der Waals surface area contributed by atoms with E-state index in [1.807, 2.05) is 72.8 Å². The highest BCUT2D eigenvalue weighted by atomic mass is 16.8. The van der Waals surface area contributed by atoms with Crippen LogP contribution < -0.4 is 10.1 Å². The topological polar surface area (TPSA) is 83.9 Å². The molecule has 0 unspecified atom stereocenters. The Hall–Kier alpha value is -3.74. The lowest BCUT2D eigenvalue weighted by atomic mass is 9.68. The molecular weight excluding hydrogens is 404 g/mol. The van der Waals surface area contributed by atoms with Gasteiger partial charge in [-0.2, -0.15) is 0 Å². The van der Waals surface area contributed by atoms with Gasteiger partial charge in [-0.25, -0.2) is 4.90 Å². The van der Waals surface area contributed by atoms with Crippen molar-refractivity contribution < 1.29 is 14.8 Å². The van der Waals surface area contributed by atoms with Gasteiger partial charge in [0.2, 0.25) is 11.8 Å². The highest BCUT2D eigenvalue weighted by Gasteiger charge is 2.55. The highest BCUT2D eigenvalue weighted by molar-refractivity contribution is 6.23. The molecule has 1 aliphatic heterocycles. The lowest BCUT2D eigenvalue weighted by molar-refractivity contribution is -0.122. The maximum Gasteiger partial charge on any atom is 0.238 e. The summed E-state index contributed by atoms with van der Waals surface area (Å²) in [5.41, 5.74) is 2.18. The van der Waals surface area contributed by atoms with Gasteiger partial charge in [0.25, 0.3) is 0 Å². The molecule has 1 aliphatic carbocycles. The summed E-state index contributed by atoms with van der Waals surface area (Å²) in [6, 6.07) is 25.3. The minimum atomic E-state index is -0.568. The van der Waals surface area contributed by atoms with Crippen LogP contribution in [0.3, 0.4) is 0 Å². The standard InChI is InChI=1S/C26H21N2O4/c29-25-23-21(17-8-3-1-4-9-17)14-15-22(18-10-5-2-6-11-18)24(23)26(30)27(25)19-12-7-13-20(16-19)28(31)32/h1-16,21-24,31H/q-1/t21-,22+,23-,24+. The van der Waals surface area contributed by atoms with E-state index in [9.17, 15) is 20.0 Å². The van der Waals surface area contributed by atoms with Crippen LogP contribution in [0.15, 0.2) is 97.1 Å². The average Bonchev–Trinajstić information content (AvgIpc) is 3.10. The molecule has 6 nitrogen and oxygen atoms in total. The lowest BCUT2D eigenvalue weighted by Crippen LogP contribution is -2.31. The molecule has 5 rings (SSSR count). The summed E-state index contributed by atoms with van der Waals surface area (Å²) in [6.07, 6.45) is 4.07. The molecule has 2 amide bonds. The minimum absolute atomic E-state index is 0.0460. The number of carbonyl (C=O) groups is 2. The number of hydrogen-bond acceptors (Lipinski definition) is 5. The quantitative estimate of drug-likeness (QED) is 0.375. The first-order valence-electron chi connectivity index (χ1n) is 10.5. The highest BCUT2D eigenvalue weighted by Crippen LogP contribution is 2.50. The Bertz CT molecular complexity index is 1110. The van der Waals surface area contributed by atoms with E-state index in [2.05, 4.69) is 0 Å². The van der Waals surface area contributed by atoms with Crippen LogP contribution in [-0.2, 0) is 9.59 Å². The first-order valence-corrected chi connectivity index (χ1v) is 10.5. The van der Waals surface area contributed by atoms with Gasteiger partial charge >= 0.3 is 0 Å². The molecule has 1 saturated heterocycles. The number of imide groups is 1. The number of rotatable bonds is 4. The summed E-state index contributed by atoms with van der Waals surface area (Å²) in [5.74, 6) is -2.21. The molecular formula is C26H21N2O4-. The molecule has 1 N–H and O–H groups in total. The molecule has 2 aliphatic rings. The maximum absolute atomic E-state index is 13.7. The Morgan fingerprint density at radius 2 is 1.22 bits per heavy atom. The van der Waals surface area contributed by atoms with E-state index in [1.54, 1.807) is 6.07 Å². The van der Waals surface area contributed by atoms with Gasteiger partial charge in [0.15, 0.2) is 0 Å². The van der Waals surface area contributed by atoms with Gasteiger partial charge in [0.1, 0.15) is 0 Å². The molecule has 0 bridgehead atoms. The fraction of sp³-hybridized carbons (Fsp3) is 0.154. The molecule has 0 radical (unpaired) electrons. The van der Waals surface area contributed by atoms with Crippen molar-refractivity contribution >= 4 is 23.2 Å². The first kappa shape index (κ1) is 20.2. The second-order valence-corrected chi connectivity index (χ2v) is 8.11. The van der Waals surface area contributed by atoms with Crippen molar-refractivity contribution in [2.24, 2.45) is 11.8 Å². The van der Waals surface area contributed by atoms with E-state index in [-0.39, 0.29) is 40.3 Å². The average molecular weight is 425 g/mol. The largest absolute Gasteiger partial charge is 0.733 e. The van der Waals surface area contributed by atoms with Crippen LogP contribution >= 0.6 is 0 Å². The minimum Gasteiger partial charge on any atom is -0.733 e. The molecule has 6 heteroatoms. The third-order valence-electron chi connectivity index (χ3n) is 6.38. The molecule has 3 aromatic rings. The zero-order chi connectivity index (χ0) is 22.2. The predicted octanol–water partition coefficient (Wildman–Crippen LogP) is 4.62. The number of amides is 2. The maximum atomic E-state index is 13.7. The third kappa shape index (κ3) is 3.30. The number of fused-ring (bicyclic) bond motifs is 1. The number of anilines is 2. The van der Waals surface area contributed by atoms with Crippen molar-refractivity contribution in [2.45, 2.75) is 11.8 Å². The van der Waals surface area contributed by atoms with E-state index in [0.29, 0.717) is 0 Å². The Morgan fingerprint density at radius 3 is 1.69 bits per heavy atom. The van der Waals surface area contributed by atoms with Gasteiger partial charge in [-0.05, 0) is 29.3 Å². The van der Waals surface area contributed by atoms with Crippen molar-refractivity contribution in [3.8, 4) is 0 Å². The third-order valence-corrected chi connectivity index (χ3v) is 6.38. The van der Waals surface area contributed by atoms with Crippen molar-refractivity contribution in [1.29, 1.82) is 0 Å². The molecule has 0 spiro atoms. The summed E-state index contributed by atoms with van der Waals surface area (Å²) < 4.78 is 0. The van der Waals surface area contributed by atoms with Crippen LogP contribution in [0.1, 0.15) is 23.0 Å². The van der Waals surface area contributed by atoms with Gasteiger partial charge < -0.3 is 10.4 Å². The smallest absolute Gasteiger partial charge is 0.238 e. The monoisotopic (exact) mass is 425 g/mol. The van der Waals surface area contributed by atoms with Crippen molar-refractivity contribution in [2.75, 3.05) is 10.1 Å². The van der Waals surface area contributed by atoms with Gasteiger partial charge in [-0.3, -0.25) is 14.8 Å². The summed E-state index contributed by atoms with van der Waals surface area (Å²) in [7, 11) is 0. The van der Waals surface area contributed by atoms with E-state index >= 15 is 0 Å². The van der Waals surface area contributed by atoms with Gasteiger partial charge in [-0.15, -0.1) is 0 Å². The van der Waals surface area contributed by atoms with Crippen molar-refractivity contribution in [3.05, 3.63) is 113 Å². The van der Waals surface area contributed by atoms with E-state index in [1.165, 1.54) is 23.1 Å². The predicted molar refractivity (Wildman–Crippen MR) is 121 cm³/mol. The first-order chi connectivity index (χ1) is 15.6. The Balaban J connectivity index is 1.62. The molecule has 1 heterocycles. The number of carbonyl (C=O) groups excluding carboxylic acids is 2. The van der Waals surface area contributed by atoms with Crippen LogP contribution in [0.5, 0.6) is 0 Å². The Labute approximate surface area is 185 Å². The molecule has 0 saturated carbocycles. The summed E-state index contributed by atoms with van der Waals surface area (Å²) in [6.45, 7) is 0. The second-order valence-electron chi connectivity index (χ2n) is 8.11. The Kier molecular flexibility index (Phi) is 5.09. The molecule has 1 fully saturated rings. The second kappa shape index (κ2) is 8.07. The summed E-state index contributed by atoms with van der Waals surface area (Å²) in [5, 5.41) is 20.4. The van der Waals surface area contributed by atoms with Crippen molar-refractivity contribution in [1.82, 2.24) is 0 Å². The number of hydrogen-bond donors (Lipinski definition) is 1. The number of nitrogens with zero attached hydrogens (tertiary/aromatic N) is 2. The van der Waals surface area contributed by atoms with E-state index in [0.717, 1.165) is 11.1 Å². The van der Waals surface area contributed by atoms with E-state index in [4.69, 9.17) is 0 Å². The van der Waals surface area contributed by atoms with Crippen LogP contribution in [0, 0.1) is 17.0 Å². The fourth-order valence-corrected chi connectivity index (χ4v) is 4.94. The van der Waals surface area contributed by atoms with Gasteiger partial charge in [0.05, 0.1) is 23.2 Å². The summed E-state index contributed by atoms with van der Waals surface area (Å²) in [4.78, 5) is 28.6. The van der Waals surface area contributed by atoms with Crippen LogP contribution in [-0.4, -0.2) is 17.0 Å². The van der Waals surface area contributed by atoms with Crippen molar-refractivity contribution in [3.63, 3.8) is 0 Å². The molecule has 3 aromatic carbocycles. The number of allylic oxidation sites excluding steroid dienone is 2. The van der Waals surface area contributed by atoms with Crippen LogP contribution in [0.25, 0.3) is 0 Å². The van der Waals surface area contributed by atoms with Crippen LogP contribution in [0.2, 0.25) is 0 Å². The zero-order valence-corrected chi connectivity index (χ0v) is 17.1. The zero-order valence-electron chi connectivity index (χ0n) is 17.1. The Morgan fingerprint density at radius 1 is 0.719 bits per heavy atom. The molecule has 32 heavy (non-hydrogen) atoms. The van der Waals surface area contributed by atoms with E-state index < -0.39 is 11.8 Å². The summed E-state index contributed by atoms with van der Waals surface area (Å²) >= 11 is 0.